The Morgan fingerprint density at radius 3 is 2.54 bits per heavy atom. The second-order valence-corrected chi connectivity index (χ2v) is 4.86. The molecule has 0 amide bonds. The fraction of sp³-hybridized carbons (Fsp3) is 1.00. The lowest BCUT2D eigenvalue weighted by Crippen LogP contribution is -2.56. The van der Waals surface area contributed by atoms with Gasteiger partial charge in [-0.3, -0.25) is 0 Å². The van der Waals surface area contributed by atoms with Gasteiger partial charge in [0.2, 0.25) is 0 Å². The van der Waals surface area contributed by atoms with Crippen LogP contribution >= 0.6 is 0 Å². The molecule has 2 rings (SSSR count). The molecule has 0 bridgehead atoms. The third kappa shape index (κ3) is 2.05. The second-order valence-electron chi connectivity index (χ2n) is 4.86. The van der Waals surface area contributed by atoms with Gasteiger partial charge in [0.15, 0.2) is 0 Å². The number of likely N-dealkylation sites (N-methyl/N-ethyl adjacent to an activating group) is 1. The maximum Gasteiger partial charge on any atom is 0.0246 e. The van der Waals surface area contributed by atoms with Crippen LogP contribution in [0.1, 0.15) is 32.6 Å². The van der Waals surface area contributed by atoms with E-state index in [-0.39, 0.29) is 0 Å². The van der Waals surface area contributed by atoms with Gasteiger partial charge in [-0.2, -0.15) is 0 Å². The zero-order valence-electron chi connectivity index (χ0n) is 8.92. The molecule has 0 radical (unpaired) electrons. The number of piperazine rings is 1. The molecular formula is C11H22N2. The van der Waals surface area contributed by atoms with Gasteiger partial charge >= 0.3 is 0 Å². The first kappa shape index (κ1) is 9.47. The fourth-order valence-electron chi connectivity index (χ4n) is 2.98. The van der Waals surface area contributed by atoms with Crippen molar-refractivity contribution in [3.05, 3.63) is 0 Å². The predicted molar refractivity (Wildman–Crippen MR) is 55.8 cm³/mol. The van der Waals surface area contributed by atoms with E-state index in [1.807, 2.05) is 0 Å². The molecule has 13 heavy (non-hydrogen) atoms. The maximum absolute atomic E-state index is 3.60. The smallest absolute Gasteiger partial charge is 0.0246 e. The van der Waals surface area contributed by atoms with Crippen molar-refractivity contribution < 1.29 is 0 Å². The second kappa shape index (κ2) is 3.97. The van der Waals surface area contributed by atoms with Gasteiger partial charge < -0.3 is 10.2 Å². The number of nitrogens with zero attached hydrogens (tertiary/aromatic N) is 1. The van der Waals surface area contributed by atoms with E-state index < -0.39 is 0 Å². The van der Waals surface area contributed by atoms with Gasteiger partial charge in [-0.15, -0.1) is 0 Å². The Bertz CT molecular complexity index is 163. The average Bonchev–Trinajstić information content (AvgIpc) is 2.56. The van der Waals surface area contributed by atoms with Gasteiger partial charge in [-0.1, -0.05) is 12.8 Å². The molecule has 0 spiro atoms. The van der Waals surface area contributed by atoms with Crippen LogP contribution in [-0.4, -0.2) is 37.1 Å². The van der Waals surface area contributed by atoms with Crippen LogP contribution in [0.3, 0.4) is 0 Å². The third-order valence-corrected chi connectivity index (χ3v) is 3.75. The monoisotopic (exact) mass is 182 g/mol. The van der Waals surface area contributed by atoms with E-state index in [9.17, 15) is 0 Å². The van der Waals surface area contributed by atoms with E-state index in [4.69, 9.17) is 0 Å². The van der Waals surface area contributed by atoms with Crippen molar-refractivity contribution in [3.8, 4) is 0 Å². The molecule has 2 aliphatic rings. The molecule has 0 aromatic rings. The van der Waals surface area contributed by atoms with Crippen LogP contribution in [0.4, 0.5) is 0 Å². The Hall–Kier alpha value is -0.0800. The summed E-state index contributed by atoms with van der Waals surface area (Å²) in [5, 5.41) is 3.60. The summed E-state index contributed by atoms with van der Waals surface area (Å²) in [6, 6.07) is 1.50. The molecule has 1 heterocycles. The molecule has 0 aromatic carbocycles. The number of hydrogen-bond acceptors (Lipinski definition) is 2. The maximum atomic E-state index is 3.60. The average molecular weight is 182 g/mol. The van der Waals surface area contributed by atoms with Crippen LogP contribution in [-0.2, 0) is 0 Å². The number of hydrogen-bond donors (Lipinski definition) is 1. The minimum atomic E-state index is 0.683. The number of nitrogens with one attached hydrogen (secondary N) is 1. The van der Waals surface area contributed by atoms with Crippen molar-refractivity contribution in [1.29, 1.82) is 0 Å². The Morgan fingerprint density at radius 1 is 1.23 bits per heavy atom. The molecule has 1 N–H and O–H groups in total. The van der Waals surface area contributed by atoms with Crippen molar-refractivity contribution in [1.82, 2.24) is 10.2 Å². The molecule has 1 aliphatic heterocycles. The molecular weight excluding hydrogens is 160 g/mol. The molecule has 1 saturated heterocycles. The highest BCUT2D eigenvalue weighted by Gasteiger charge is 2.31. The lowest BCUT2D eigenvalue weighted by Gasteiger charge is -2.40. The summed E-state index contributed by atoms with van der Waals surface area (Å²) >= 11 is 0. The quantitative estimate of drug-likeness (QED) is 0.660. The standard InChI is InChI=1S/C11H22N2/c1-9-8-13(2)11(7-12-9)10-5-3-4-6-10/h9-12H,3-8H2,1-2H3. The molecule has 2 atom stereocenters. The predicted octanol–water partition coefficient (Wildman–Crippen LogP) is 1.47. The molecule has 2 heteroatoms. The first-order valence-electron chi connectivity index (χ1n) is 5.71. The highest BCUT2D eigenvalue weighted by Crippen LogP contribution is 2.30. The summed E-state index contributed by atoms with van der Waals surface area (Å²) in [7, 11) is 2.29. The number of rotatable bonds is 1. The van der Waals surface area contributed by atoms with E-state index >= 15 is 0 Å². The van der Waals surface area contributed by atoms with Gasteiger partial charge in [0, 0.05) is 25.2 Å². The van der Waals surface area contributed by atoms with Crippen LogP contribution in [0, 0.1) is 5.92 Å². The normalized spacial score (nSPS) is 38.3. The van der Waals surface area contributed by atoms with Crippen molar-refractivity contribution in [2.24, 2.45) is 5.92 Å². The lowest BCUT2D eigenvalue weighted by molar-refractivity contribution is 0.121. The van der Waals surface area contributed by atoms with Gasteiger partial charge in [0.25, 0.3) is 0 Å². The van der Waals surface area contributed by atoms with Crippen molar-refractivity contribution in [2.45, 2.75) is 44.7 Å². The summed E-state index contributed by atoms with van der Waals surface area (Å²) in [6.45, 7) is 4.71. The van der Waals surface area contributed by atoms with Crippen LogP contribution in [0.2, 0.25) is 0 Å². The Morgan fingerprint density at radius 2 is 1.92 bits per heavy atom. The summed E-state index contributed by atoms with van der Waals surface area (Å²) in [5.74, 6) is 0.977. The highest BCUT2D eigenvalue weighted by molar-refractivity contribution is 4.88. The molecule has 1 aliphatic carbocycles. The van der Waals surface area contributed by atoms with E-state index in [1.165, 1.54) is 38.8 Å². The van der Waals surface area contributed by atoms with Gasteiger partial charge in [0.1, 0.15) is 0 Å². The zero-order valence-corrected chi connectivity index (χ0v) is 8.92. The molecule has 2 fully saturated rings. The molecule has 2 unspecified atom stereocenters. The zero-order chi connectivity index (χ0) is 9.26. The van der Waals surface area contributed by atoms with E-state index in [1.54, 1.807) is 0 Å². The van der Waals surface area contributed by atoms with E-state index in [2.05, 4.69) is 24.2 Å². The Balaban J connectivity index is 1.91. The van der Waals surface area contributed by atoms with Crippen molar-refractivity contribution in [3.63, 3.8) is 0 Å². The minimum absolute atomic E-state index is 0.683. The largest absolute Gasteiger partial charge is 0.311 e. The SMILES string of the molecule is CC1CN(C)C(C2CCCC2)CN1. The van der Waals surface area contributed by atoms with Crippen LogP contribution in [0.15, 0.2) is 0 Å². The topological polar surface area (TPSA) is 15.3 Å². The van der Waals surface area contributed by atoms with Gasteiger partial charge in [0.05, 0.1) is 0 Å². The highest BCUT2D eigenvalue weighted by atomic mass is 15.2. The van der Waals surface area contributed by atoms with Crippen molar-refractivity contribution in [2.75, 3.05) is 20.1 Å². The van der Waals surface area contributed by atoms with Crippen molar-refractivity contribution >= 4 is 0 Å². The lowest BCUT2D eigenvalue weighted by atomic mass is 9.94. The van der Waals surface area contributed by atoms with E-state index in [0.29, 0.717) is 6.04 Å². The fourth-order valence-corrected chi connectivity index (χ4v) is 2.98. The first-order valence-corrected chi connectivity index (χ1v) is 5.71. The molecule has 0 aromatic heterocycles. The van der Waals surface area contributed by atoms with Crippen LogP contribution in [0.25, 0.3) is 0 Å². The summed E-state index contributed by atoms with van der Waals surface area (Å²) in [6.07, 6.45) is 5.85. The minimum Gasteiger partial charge on any atom is -0.311 e. The van der Waals surface area contributed by atoms with E-state index in [0.717, 1.165) is 12.0 Å². The van der Waals surface area contributed by atoms with Crippen LogP contribution < -0.4 is 5.32 Å². The third-order valence-electron chi connectivity index (χ3n) is 3.75. The van der Waals surface area contributed by atoms with Crippen LogP contribution in [0.5, 0.6) is 0 Å². The Kier molecular flexibility index (Phi) is 2.89. The first-order chi connectivity index (χ1) is 6.27. The molecule has 76 valence electrons. The van der Waals surface area contributed by atoms with Gasteiger partial charge in [-0.05, 0) is 32.7 Å². The Labute approximate surface area is 81.7 Å². The molecule has 2 nitrogen and oxygen atoms in total. The summed E-state index contributed by atoms with van der Waals surface area (Å²) in [5.41, 5.74) is 0. The molecule has 1 saturated carbocycles. The summed E-state index contributed by atoms with van der Waals surface area (Å²) < 4.78 is 0. The van der Waals surface area contributed by atoms with Gasteiger partial charge in [-0.25, -0.2) is 0 Å². The summed E-state index contributed by atoms with van der Waals surface area (Å²) in [4.78, 5) is 2.57.